The molecule has 1 amide bonds. The third kappa shape index (κ3) is 4.30. The topological polar surface area (TPSA) is 58.6 Å². The van der Waals surface area contributed by atoms with Crippen LogP contribution in [0.25, 0.3) is 0 Å². The van der Waals surface area contributed by atoms with Gasteiger partial charge in [-0.2, -0.15) is 0 Å². The van der Waals surface area contributed by atoms with Gasteiger partial charge in [0.1, 0.15) is 18.0 Å². The molecule has 116 valence electrons. The van der Waals surface area contributed by atoms with Crippen LogP contribution in [0.1, 0.15) is 24.2 Å². The van der Waals surface area contributed by atoms with Crippen molar-refractivity contribution in [2.24, 2.45) is 0 Å². The van der Waals surface area contributed by atoms with E-state index in [9.17, 15) is 14.3 Å². The van der Waals surface area contributed by atoms with Crippen LogP contribution in [-0.4, -0.2) is 17.3 Å². The van der Waals surface area contributed by atoms with Crippen LogP contribution in [0.5, 0.6) is 0 Å². The first-order valence-corrected chi connectivity index (χ1v) is 6.99. The van der Waals surface area contributed by atoms with Gasteiger partial charge in [0.2, 0.25) is 0 Å². The molecule has 2 rings (SSSR count). The molecule has 0 saturated heterocycles. The summed E-state index contributed by atoms with van der Waals surface area (Å²) in [6.07, 6.45) is -2.75. The molecular weight excluding hydrogens is 285 g/mol. The van der Waals surface area contributed by atoms with E-state index in [0.717, 1.165) is 5.56 Å². The summed E-state index contributed by atoms with van der Waals surface area (Å²) in [7, 11) is 0. The summed E-state index contributed by atoms with van der Waals surface area (Å²) in [5.74, 6) is -0.532. The Labute approximate surface area is 128 Å². The van der Waals surface area contributed by atoms with Gasteiger partial charge in [0.15, 0.2) is 0 Å². The van der Waals surface area contributed by atoms with Crippen LogP contribution in [0.4, 0.5) is 9.18 Å². The number of amides is 1. The number of aliphatic hydroxyl groups is 1. The Morgan fingerprint density at radius 2 is 1.82 bits per heavy atom. The predicted octanol–water partition coefficient (Wildman–Crippen LogP) is 3.17. The molecule has 2 unspecified atom stereocenters. The molecule has 4 nitrogen and oxygen atoms in total. The third-order valence-corrected chi connectivity index (χ3v) is 3.24. The van der Waals surface area contributed by atoms with Crippen molar-refractivity contribution in [1.29, 1.82) is 0 Å². The Morgan fingerprint density at radius 3 is 2.50 bits per heavy atom. The molecule has 2 aromatic carbocycles. The average molecular weight is 303 g/mol. The maximum atomic E-state index is 13.6. The number of aliphatic hydroxyl groups excluding tert-OH is 1. The summed E-state index contributed by atoms with van der Waals surface area (Å²) in [4.78, 5) is 11.7. The number of hydrogen-bond donors (Lipinski definition) is 2. The van der Waals surface area contributed by atoms with Gasteiger partial charge < -0.3 is 15.2 Å². The molecule has 5 heteroatoms. The summed E-state index contributed by atoms with van der Waals surface area (Å²) < 4.78 is 18.7. The molecule has 0 aliphatic heterocycles. The number of rotatable bonds is 5. The summed E-state index contributed by atoms with van der Waals surface area (Å²) >= 11 is 0. The molecule has 0 heterocycles. The van der Waals surface area contributed by atoms with Crippen LogP contribution >= 0.6 is 0 Å². The fourth-order valence-electron chi connectivity index (χ4n) is 2.01. The molecule has 0 radical (unpaired) electrons. The van der Waals surface area contributed by atoms with E-state index in [1.807, 2.05) is 30.3 Å². The largest absolute Gasteiger partial charge is 0.443 e. The highest BCUT2D eigenvalue weighted by Gasteiger charge is 2.22. The van der Waals surface area contributed by atoms with Crippen molar-refractivity contribution >= 4 is 6.09 Å². The van der Waals surface area contributed by atoms with Gasteiger partial charge in [-0.3, -0.25) is 0 Å². The first-order valence-electron chi connectivity index (χ1n) is 6.99. The number of halogens is 1. The molecule has 2 aromatic rings. The van der Waals surface area contributed by atoms with Gasteiger partial charge in [-0.25, -0.2) is 9.18 Å². The lowest BCUT2D eigenvalue weighted by Gasteiger charge is -2.20. The van der Waals surface area contributed by atoms with Crippen LogP contribution in [0, 0.1) is 5.82 Å². The summed E-state index contributed by atoms with van der Waals surface area (Å²) in [5, 5.41) is 12.6. The van der Waals surface area contributed by atoms with E-state index in [1.54, 1.807) is 6.07 Å². The SMILES string of the molecule is CC(OC(=O)NCc1ccccc1)C(O)c1ccccc1F. The second-order valence-electron chi connectivity index (χ2n) is 4.92. The van der Waals surface area contributed by atoms with E-state index in [2.05, 4.69) is 5.32 Å². The molecule has 0 aromatic heterocycles. The molecule has 2 atom stereocenters. The van der Waals surface area contributed by atoms with E-state index in [4.69, 9.17) is 4.74 Å². The molecule has 0 bridgehead atoms. The number of carbonyl (C=O) groups is 1. The maximum Gasteiger partial charge on any atom is 0.407 e. The zero-order chi connectivity index (χ0) is 15.9. The first kappa shape index (κ1) is 16.0. The smallest absolute Gasteiger partial charge is 0.407 e. The normalized spacial score (nSPS) is 13.2. The Balaban J connectivity index is 1.87. The van der Waals surface area contributed by atoms with Crippen LogP contribution in [0.3, 0.4) is 0 Å². The van der Waals surface area contributed by atoms with Crippen molar-refractivity contribution in [2.75, 3.05) is 0 Å². The standard InChI is InChI=1S/C17H18FNO3/c1-12(16(20)14-9-5-6-10-15(14)18)22-17(21)19-11-13-7-3-2-4-8-13/h2-10,12,16,20H,11H2,1H3,(H,19,21). The van der Waals surface area contributed by atoms with E-state index < -0.39 is 24.1 Å². The average Bonchev–Trinajstić information content (AvgIpc) is 2.53. The fourth-order valence-corrected chi connectivity index (χ4v) is 2.01. The van der Waals surface area contributed by atoms with Crippen molar-refractivity contribution in [3.05, 3.63) is 71.5 Å². The monoisotopic (exact) mass is 303 g/mol. The van der Waals surface area contributed by atoms with E-state index in [-0.39, 0.29) is 5.56 Å². The Kier molecular flexibility index (Phi) is 5.49. The molecule has 0 saturated carbocycles. The second-order valence-corrected chi connectivity index (χ2v) is 4.92. The number of ether oxygens (including phenoxy) is 1. The number of hydrogen-bond acceptors (Lipinski definition) is 3. The van der Waals surface area contributed by atoms with Crippen molar-refractivity contribution < 1.29 is 19.0 Å². The van der Waals surface area contributed by atoms with Gasteiger partial charge in [-0.1, -0.05) is 48.5 Å². The van der Waals surface area contributed by atoms with Gasteiger partial charge in [0, 0.05) is 12.1 Å². The summed E-state index contributed by atoms with van der Waals surface area (Å²) in [6.45, 7) is 1.83. The highest BCUT2D eigenvalue weighted by atomic mass is 19.1. The molecule has 2 N–H and O–H groups in total. The molecule has 0 spiro atoms. The number of benzene rings is 2. The lowest BCUT2D eigenvalue weighted by molar-refractivity contribution is 0.0100. The Morgan fingerprint density at radius 1 is 1.18 bits per heavy atom. The molecule has 0 aliphatic rings. The lowest BCUT2D eigenvalue weighted by Crippen LogP contribution is -2.30. The van der Waals surface area contributed by atoms with Crippen LogP contribution in [-0.2, 0) is 11.3 Å². The van der Waals surface area contributed by atoms with Crippen molar-refractivity contribution in [2.45, 2.75) is 25.7 Å². The molecule has 22 heavy (non-hydrogen) atoms. The van der Waals surface area contributed by atoms with E-state index >= 15 is 0 Å². The highest BCUT2D eigenvalue weighted by molar-refractivity contribution is 5.67. The highest BCUT2D eigenvalue weighted by Crippen LogP contribution is 2.21. The Bertz CT molecular complexity index is 618. The minimum atomic E-state index is -1.22. The van der Waals surface area contributed by atoms with Gasteiger partial charge in [0.05, 0.1) is 0 Å². The van der Waals surface area contributed by atoms with Gasteiger partial charge >= 0.3 is 6.09 Å². The van der Waals surface area contributed by atoms with Crippen molar-refractivity contribution in [3.8, 4) is 0 Å². The molecular formula is C17H18FNO3. The lowest BCUT2D eigenvalue weighted by atomic mass is 10.1. The zero-order valence-electron chi connectivity index (χ0n) is 12.2. The quantitative estimate of drug-likeness (QED) is 0.892. The maximum absolute atomic E-state index is 13.6. The third-order valence-electron chi connectivity index (χ3n) is 3.24. The molecule has 0 fully saturated rings. The minimum Gasteiger partial charge on any atom is -0.443 e. The van der Waals surface area contributed by atoms with Crippen LogP contribution in [0.15, 0.2) is 54.6 Å². The van der Waals surface area contributed by atoms with Gasteiger partial charge in [0.25, 0.3) is 0 Å². The van der Waals surface area contributed by atoms with Crippen LogP contribution < -0.4 is 5.32 Å². The van der Waals surface area contributed by atoms with Crippen molar-refractivity contribution in [1.82, 2.24) is 5.32 Å². The summed E-state index contributed by atoms with van der Waals surface area (Å²) in [6, 6.07) is 15.2. The number of nitrogens with one attached hydrogen (secondary N) is 1. The number of alkyl carbamates (subject to hydrolysis) is 1. The Hall–Kier alpha value is -2.40. The summed E-state index contributed by atoms with van der Waals surface area (Å²) in [5.41, 5.74) is 1.03. The minimum absolute atomic E-state index is 0.103. The second kappa shape index (κ2) is 7.56. The van der Waals surface area contributed by atoms with E-state index in [0.29, 0.717) is 6.54 Å². The number of carbonyl (C=O) groups excluding carboxylic acids is 1. The predicted molar refractivity (Wildman–Crippen MR) is 80.6 cm³/mol. The first-order chi connectivity index (χ1) is 10.6. The van der Waals surface area contributed by atoms with Gasteiger partial charge in [-0.05, 0) is 18.6 Å². The van der Waals surface area contributed by atoms with Crippen molar-refractivity contribution in [3.63, 3.8) is 0 Å². The fraction of sp³-hybridized carbons (Fsp3) is 0.235. The zero-order valence-corrected chi connectivity index (χ0v) is 12.2. The molecule has 0 aliphatic carbocycles. The van der Waals surface area contributed by atoms with Gasteiger partial charge in [-0.15, -0.1) is 0 Å². The van der Waals surface area contributed by atoms with E-state index in [1.165, 1.54) is 25.1 Å². The van der Waals surface area contributed by atoms with Crippen LogP contribution in [0.2, 0.25) is 0 Å².